The van der Waals surface area contributed by atoms with Crippen molar-refractivity contribution in [3.63, 3.8) is 0 Å². The lowest BCUT2D eigenvalue weighted by molar-refractivity contribution is -0.0216. The van der Waals surface area contributed by atoms with Crippen LogP contribution in [-0.2, 0) is 16.8 Å². The lowest BCUT2D eigenvalue weighted by Crippen LogP contribution is -2.53. The van der Waals surface area contributed by atoms with Crippen molar-refractivity contribution in [1.82, 2.24) is 4.90 Å². The third kappa shape index (κ3) is 3.78. The maximum atomic E-state index is 14.5. The molecule has 2 aromatic carbocycles. The van der Waals surface area contributed by atoms with Crippen molar-refractivity contribution in [2.24, 2.45) is 0 Å². The van der Waals surface area contributed by atoms with E-state index in [0.717, 1.165) is 24.0 Å². The van der Waals surface area contributed by atoms with Crippen molar-refractivity contribution in [2.45, 2.75) is 57.3 Å². The van der Waals surface area contributed by atoms with E-state index in [1.165, 1.54) is 6.07 Å². The number of hydrogen-bond donors (Lipinski definition) is 0. The molecule has 0 N–H and O–H groups in total. The number of benzene rings is 2. The van der Waals surface area contributed by atoms with Crippen LogP contribution in [0.4, 0.5) is 14.9 Å². The normalized spacial score (nSPS) is 22.6. The predicted octanol–water partition coefficient (Wildman–Crippen LogP) is 6.37. The number of rotatable bonds is 2. The molecule has 2 heterocycles. The highest BCUT2D eigenvalue weighted by Gasteiger charge is 2.53. The Morgan fingerprint density at radius 3 is 2.71 bits per heavy atom. The van der Waals surface area contributed by atoms with Crippen molar-refractivity contribution >= 4 is 27.7 Å². The van der Waals surface area contributed by atoms with Crippen LogP contribution in [0.15, 0.2) is 40.9 Å². The zero-order valence-electron chi connectivity index (χ0n) is 17.7. The van der Waals surface area contributed by atoms with Crippen molar-refractivity contribution < 1.29 is 18.7 Å². The van der Waals surface area contributed by atoms with E-state index in [4.69, 9.17) is 16.0 Å². The van der Waals surface area contributed by atoms with Gasteiger partial charge >= 0.3 is 6.09 Å². The zero-order chi connectivity index (χ0) is 22.4. The van der Waals surface area contributed by atoms with Gasteiger partial charge in [0.05, 0.1) is 12.6 Å². The number of likely N-dealkylation sites (tertiary alicyclic amines) is 1. The Bertz CT molecular complexity index is 1060. The average molecular weight is 487 g/mol. The molecule has 0 spiro atoms. The van der Waals surface area contributed by atoms with Crippen LogP contribution in [0.3, 0.4) is 0 Å². The van der Waals surface area contributed by atoms with E-state index in [1.807, 2.05) is 51.1 Å². The Hall–Kier alpha value is -2.59. The van der Waals surface area contributed by atoms with Gasteiger partial charge in [-0.3, -0.25) is 0 Å². The molecule has 2 aliphatic heterocycles. The minimum Gasteiger partial charge on any atom is -0.480 e. The van der Waals surface area contributed by atoms with E-state index in [0.29, 0.717) is 23.2 Å². The highest BCUT2D eigenvalue weighted by atomic mass is 79.9. The standard InChI is InChI=1S/C24H24BrFN2O3/c1-23(2,3)31-22(29)28-12-8-11-19(28)24(15-9-6-5-7-10-15)14-16-18(30-24)13-17(26)21(27-4)20(16)25/h5-7,9-10,13,19H,8,11-12,14H2,1-3H3/t19-,24-/m0/s1. The van der Waals surface area contributed by atoms with E-state index in [2.05, 4.69) is 20.8 Å². The Morgan fingerprint density at radius 2 is 2.06 bits per heavy atom. The lowest BCUT2D eigenvalue weighted by Gasteiger charge is -2.40. The number of ether oxygens (including phenoxy) is 2. The monoisotopic (exact) mass is 486 g/mol. The first-order valence-corrected chi connectivity index (χ1v) is 11.1. The van der Waals surface area contributed by atoms with Gasteiger partial charge in [0.1, 0.15) is 17.2 Å². The molecule has 31 heavy (non-hydrogen) atoms. The molecule has 1 fully saturated rings. The summed E-state index contributed by atoms with van der Waals surface area (Å²) in [6.45, 7) is 13.4. The van der Waals surface area contributed by atoms with Crippen LogP contribution in [0.2, 0.25) is 0 Å². The smallest absolute Gasteiger partial charge is 0.410 e. The second-order valence-electron chi connectivity index (χ2n) is 8.98. The first-order chi connectivity index (χ1) is 14.7. The molecule has 1 saturated heterocycles. The van der Waals surface area contributed by atoms with Crippen LogP contribution in [0, 0.1) is 12.4 Å². The number of carbonyl (C=O) groups is 1. The fraction of sp³-hybridized carbons (Fsp3) is 0.417. The second-order valence-corrected chi connectivity index (χ2v) is 9.77. The molecule has 162 valence electrons. The quantitative estimate of drug-likeness (QED) is 0.463. The summed E-state index contributed by atoms with van der Waals surface area (Å²) in [6.07, 6.45) is 1.59. The third-order valence-electron chi connectivity index (χ3n) is 5.78. The highest BCUT2D eigenvalue weighted by molar-refractivity contribution is 9.10. The summed E-state index contributed by atoms with van der Waals surface area (Å²) in [4.78, 5) is 18.1. The van der Waals surface area contributed by atoms with Crippen molar-refractivity contribution in [3.8, 4) is 5.75 Å². The van der Waals surface area contributed by atoms with Crippen molar-refractivity contribution in [2.75, 3.05) is 6.54 Å². The molecule has 2 aliphatic rings. The molecule has 0 bridgehead atoms. The van der Waals surface area contributed by atoms with Crippen molar-refractivity contribution in [3.05, 3.63) is 69.2 Å². The number of fused-ring (bicyclic) bond motifs is 1. The van der Waals surface area contributed by atoms with Gasteiger partial charge < -0.3 is 14.4 Å². The molecule has 0 saturated carbocycles. The zero-order valence-corrected chi connectivity index (χ0v) is 19.3. The Morgan fingerprint density at radius 1 is 1.35 bits per heavy atom. The summed E-state index contributed by atoms with van der Waals surface area (Å²) in [7, 11) is 0. The number of nitrogens with zero attached hydrogens (tertiary/aromatic N) is 2. The van der Waals surface area contributed by atoms with Gasteiger partial charge in [-0.1, -0.05) is 46.3 Å². The molecule has 0 aliphatic carbocycles. The maximum Gasteiger partial charge on any atom is 0.410 e. The Kier molecular flexibility index (Phi) is 5.47. The van der Waals surface area contributed by atoms with Gasteiger partial charge in [-0.05, 0) is 39.2 Å². The first kappa shape index (κ1) is 21.6. The van der Waals surface area contributed by atoms with Gasteiger partial charge in [-0.15, -0.1) is 0 Å². The summed E-state index contributed by atoms with van der Waals surface area (Å²) < 4.78 is 27.1. The third-order valence-corrected chi connectivity index (χ3v) is 6.63. The van der Waals surface area contributed by atoms with Gasteiger partial charge in [0.15, 0.2) is 5.60 Å². The Labute approximate surface area is 190 Å². The topological polar surface area (TPSA) is 43.1 Å². The fourth-order valence-electron chi connectivity index (χ4n) is 4.53. The lowest BCUT2D eigenvalue weighted by atomic mass is 9.81. The number of carbonyl (C=O) groups excluding carboxylic acids is 1. The van der Waals surface area contributed by atoms with E-state index in [9.17, 15) is 9.18 Å². The Balaban J connectivity index is 1.81. The minimum absolute atomic E-state index is 0.0540. The largest absolute Gasteiger partial charge is 0.480 e. The SMILES string of the molecule is [C-]#[N+]c1c(F)cc2c(c1Br)C[C@](c1ccccc1)([C@@H]1CCCN1C(=O)OC(C)(C)C)O2. The summed E-state index contributed by atoms with van der Waals surface area (Å²) >= 11 is 3.42. The maximum absolute atomic E-state index is 14.5. The van der Waals surface area contributed by atoms with Gasteiger partial charge in [0.25, 0.3) is 0 Å². The number of hydrogen-bond acceptors (Lipinski definition) is 3. The molecular weight excluding hydrogens is 463 g/mol. The average Bonchev–Trinajstić information content (AvgIpc) is 3.33. The molecule has 1 amide bonds. The summed E-state index contributed by atoms with van der Waals surface area (Å²) in [5.74, 6) is -0.225. The minimum atomic E-state index is -0.896. The van der Waals surface area contributed by atoms with Gasteiger partial charge in [-0.2, -0.15) is 0 Å². The molecule has 0 radical (unpaired) electrons. The molecular formula is C24H24BrFN2O3. The summed E-state index contributed by atoms with van der Waals surface area (Å²) in [5.41, 5.74) is 0.0877. The predicted molar refractivity (Wildman–Crippen MR) is 119 cm³/mol. The van der Waals surface area contributed by atoms with Crippen molar-refractivity contribution in [1.29, 1.82) is 0 Å². The van der Waals surface area contributed by atoms with Crippen LogP contribution < -0.4 is 4.74 Å². The van der Waals surface area contributed by atoms with Crippen LogP contribution in [0.5, 0.6) is 5.75 Å². The number of amides is 1. The second kappa shape index (κ2) is 7.83. The summed E-state index contributed by atoms with van der Waals surface area (Å²) in [6, 6.07) is 10.7. The number of halogens is 2. The molecule has 4 rings (SSSR count). The molecule has 2 aromatic rings. The fourth-order valence-corrected chi connectivity index (χ4v) is 5.14. The molecule has 2 atom stereocenters. The van der Waals surface area contributed by atoms with Gasteiger partial charge in [-0.25, -0.2) is 14.0 Å². The summed E-state index contributed by atoms with van der Waals surface area (Å²) in [5, 5.41) is 0. The van der Waals surface area contributed by atoms with Crippen LogP contribution in [0.25, 0.3) is 4.85 Å². The van der Waals surface area contributed by atoms with E-state index >= 15 is 0 Å². The molecule has 0 unspecified atom stereocenters. The highest BCUT2D eigenvalue weighted by Crippen LogP contribution is 2.52. The first-order valence-electron chi connectivity index (χ1n) is 10.3. The van der Waals surface area contributed by atoms with E-state index < -0.39 is 17.0 Å². The van der Waals surface area contributed by atoms with Crippen LogP contribution >= 0.6 is 15.9 Å². The molecule has 7 heteroatoms. The molecule has 5 nitrogen and oxygen atoms in total. The van der Waals surface area contributed by atoms with Crippen LogP contribution in [0.1, 0.15) is 44.7 Å². The molecule has 0 aromatic heterocycles. The van der Waals surface area contributed by atoms with Gasteiger partial charge in [0, 0.05) is 29.1 Å². The van der Waals surface area contributed by atoms with Gasteiger partial charge in [0.2, 0.25) is 5.69 Å². The van der Waals surface area contributed by atoms with Crippen LogP contribution in [-0.4, -0.2) is 29.2 Å². The van der Waals surface area contributed by atoms with E-state index in [-0.39, 0.29) is 17.8 Å². The van der Waals surface area contributed by atoms with E-state index in [1.54, 1.807) is 4.90 Å².